The average Bonchev–Trinajstić information content (AvgIpc) is 1.86. The van der Waals surface area contributed by atoms with E-state index in [1.807, 2.05) is 13.8 Å². The van der Waals surface area contributed by atoms with Crippen LogP contribution in [0.2, 0.25) is 0 Å². The Kier molecular flexibility index (Phi) is 4.63. The van der Waals surface area contributed by atoms with Crippen LogP contribution in [0.5, 0.6) is 0 Å². The summed E-state index contributed by atoms with van der Waals surface area (Å²) in [6.45, 7) is 4.02. The van der Waals surface area contributed by atoms with Crippen molar-refractivity contribution >= 4 is 5.97 Å². The zero-order chi connectivity index (χ0) is 7.98. The van der Waals surface area contributed by atoms with E-state index in [4.69, 9.17) is 5.11 Å². The summed E-state index contributed by atoms with van der Waals surface area (Å²) in [7, 11) is 0. The van der Waals surface area contributed by atoms with Gasteiger partial charge in [0.25, 0.3) is 0 Å². The number of allylic oxidation sites excluding steroid dienone is 1. The van der Waals surface area contributed by atoms with Crippen LogP contribution in [0.4, 0.5) is 0 Å². The third kappa shape index (κ3) is 4.13. The van der Waals surface area contributed by atoms with E-state index in [0.717, 1.165) is 24.8 Å². The highest BCUT2D eigenvalue weighted by Gasteiger charge is 1.95. The molecule has 0 bridgehead atoms. The quantitative estimate of drug-likeness (QED) is 0.611. The molecule has 0 aromatic heterocycles. The zero-order valence-corrected chi connectivity index (χ0v) is 6.55. The molecule has 58 valence electrons. The van der Waals surface area contributed by atoms with Gasteiger partial charge in [-0.2, -0.15) is 0 Å². The summed E-state index contributed by atoms with van der Waals surface area (Å²) in [6.07, 6.45) is 4.08. The predicted octanol–water partition coefficient (Wildman–Crippen LogP) is 2.21. The molecule has 0 aliphatic rings. The molecule has 0 saturated heterocycles. The number of rotatable bonds is 4. The maximum absolute atomic E-state index is 10.2. The SMILES string of the molecule is CCC/C(=C/C(=O)O)CC. The van der Waals surface area contributed by atoms with Crippen LogP contribution in [0, 0.1) is 0 Å². The van der Waals surface area contributed by atoms with Crippen molar-refractivity contribution in [3.63, 3.8) is 0 Å². The van der Waals surface area contributed by atoms with E-state index in [2.05, 4.69) is 0 Å². The van der Waals surface area contributed by atoms with Crippen molar-refractivity contribution in [1.82, 2.24) is 0 Å². The predicted molar refractivity (Wildman–Crippen MR) is 40.9 cm³/mol. The van der Waals surface area contributed by atoms with Gasteiger partial charge in [0.2, 0.25) is 0 Å². The van der Waals surface area contributed by atoms with Gasteiger partial charge in [-0.05, 0) is 12.8 Å². The Hall–Kier alpha value is -0.790. The minimum absolute atomic E-state index is 0.828. The largest absolute Gasteiger partial charge is 0.478 e. The van der Waals surface area contributed by atoms with Crippen molar-refractivity contribution in [3.8, 4) is 0 Å². The Balaban J connectivity index is 3.91. The van der Waals surface area contributed by atoms with Gasteiger partial charge >= 0.3 is 5.97 Å². The molecule has 0 atom stereocenters. The Bertz CT molecular complexity index is 136. The molecule has 0 rings (SSSR count). The van der Waals surface area contributed by atoms with E-state index in [1.54, 1.807) is 0 Å². The van der Waals surface area contributed by atoms with Gasteiger partial charge in [-0.1, -0.05) is 25.8 Å². The third-order valence-electron chi connectivity index (χ3n) is 1.35. The van der Waals surface area contributed by atoms with E-state index in [1.165, 1.54) is 6.08 Å². The first-order valence-corrected chi connectivity index (χ1v) is 3.63. The fraction of sp³-hybridized carbons (Fsp3) is 0.625. The zero-order valence-electron chi connectivity index (χ0n) is 6.55. The van der Waals surface area contributed by atoms with Gasteiger partial charge in [-0.25, -0.2) is 4.79 Å². The van der Waals surface area contributed by atoms with Gasteiger partial charge in [0, 0.05) is 6.08 Å². The molecule has 0 aliphatic heterocycles. The monoisotopic (exact) mass is 142 g/mol. The standard InChI is InChI=1S/C8H14O2/c1-3-5-7(4-2)6-8(9)10/h6H,3-5H2,1-2H3,(H,9,10)/b7-6+. The Morgan fingerprint density at radius 1 is 1.50 bits per heavy atom. The molecule has 0 radical (unpaired) electrons. The first-order valence-electron chi connectivity index (χ1n) is 3.63. The highest BCUT2D eigenvalue weighted by atomic mass is 16.4. The minimum atomic E-state index is -0.828. The second-order valence-electron chi connectivity index (χ2n) is 2.24. The van der Waals surface area contributed by atoms with Crippen LogP contribution in [-0.2, 0) is 4.79 Å². The lowest BCUT2D eigenvalue weighted by Crippen LogP contribution is -1.91. The summed E-state index contributed by atoms with van der Waals surface area (Å²) < 4.78 is 0. The number of hydrogen-bond acceptors (Lipinski definition) is 1. The lowest BCUT2D eigenvalue weighted by Gasteiger charge is -1.98. The molecule has 2 nitrogen and oxygen atoms in total. The normalized spacial score (nSPS) is 11.6. The molecule has 10 heavy (non-hydrogen) atoms. The second kappa shape index (κ2) is 5.03. The molecule has 0 aromatic rings. The van der Waals surface area contributed by atoms with Crippen LogP contribution in [-0.4, -0.2) is 11.1 Å². The molecule has 0 spiro atoms. The lowest BCUT2D eigenvalue weighted by molar-refractivity contribution is -0.131. The minimum Gasteiger partial charge on any atom is -0.478 e. The second-order valence-corrected chi connectivity index (χ2v) is 2.24. The van der Waals surface area contributed by atoms with Crippen molar-refractivity contribution in [3.05, 3.63) is 11.6 Å². The first kappa shape index (κ1) is 9.21. The molecule has 0 aromatic carbocycles. The van der Waals surface area contributed by atoms with E-state index in [0.29, 0.717) is 0 Å². The molecule has 0 amide bonds. The summed E-state index contributed by atoms with van der Waals surface area (Å²) in [5.41, 5.74) is 1.02. The molecule has 2 heteroatoms. The molecule has 0 aliphatic carbocycles. The third-order valence-corrected chi connectivity index (χ3v) is 1.35. The molecular formula is C8H14O2. The summed E-state index contributed by atoms with van der Waals surface area (Å²) >= 11 is 0. The van der Waals surface area contributed by atoms with Gasteiger partial charge in [0.1, 0.15) is 0 Å². The van der Waals surface area contributed by atoms with Crippen molar-refractivity contribution < 1.29 is 9.90 Å². The number of aliphatic carboxylic acids is 1. The molecule has 0 heterocycles. The van der Waals surface area contributed by atoms with Crippen LogP contribution in [0.15, 0.2) is 11.6 Å². The summed E-state index contributed by atoms with van der Waals surface area (Å²) in [5, 5.41) is 8.37. The van der Waals surface area contributed by atoms with E-state index < -0.39 is 5.97 Å². The first-order chi connectivity index (χ1) is 4.70. The number of carbonyl (C=O) groups is 1. The summed E-state index contributed by atoms with van der Waals surface area (Å²) in [5.74, 6) is -0.828. The van der Waals surface area contributed by atoms with Crippen LogP contribution in [0.1, 0.15) is 33.1 Å². The van der Waals surface area contributed by atoms with Crippen molar-refractivity contribution in [2.45, 2.75) is 33.1 Å². The van der Waals surface area contributed by atoms with Gasteiger partial charge in [-0.15, -0.1) is 0 Å². The Morgan fingerprint density at radius 3 is 2.40 bits per heavy atom. The number of hydrogen-bond donors (Lipinski definition) is 1. The number of carboxylic acids is 1. The summed E-state index contributed by atoms with van der Waals surface area (Å²) in [6, 6.07) is 0. The smallest absolute Gasteiger partial charge is 0.328 e. The molecule has 0 fully saturated rings. The highest BCUT2D eigenvalue weighted by molar-refractivity contribution is 5.80. The van der Waals surface area contributed by atoms with Gasteiger partial charge < -0.3 is 5.11 Å². The molecule has 0 saturated carbocycles. The molecular weight excluding hydrogens is 128 g/mol. The van der Waals surface area contributed by atoms with Crippen LogP contribution >= 0.6 is 0 Å². The van der Waals surface area contributed by atoms with Gasteiger partial charge in [-0.3, -0.25) is 0 Å². The van der Waals surface area contributed by atoms with E-state index in [9.17, 15) is 4.79 Å². The van der Waals surface area contributed by atoms with Crippen molar-refractivity contribution in [2.24, 2.45) is 0 Å². The Morgan fingerprint density at radius 2 is 2.10 bits per heavy atom. The van der Waals surface area contributed by atoms with Crippen LogP contribution in [0.25, 0.3) is 0 Å². The fourth-order valence-corrected chi connectivity index (χ4v) is 0.847. The van der Waals surface area contributed by atoms with Crippen molar-refractivity contribution in [1.29, 1.82) is 0 Å². The van der Waals surface area contributed by atoms with E-state index in [-0.39, 0.29) is 0 Å². The molecule has 0 unspecified atom stereocenters. The average molecular weight is 142 g/mol. The molecule has 1 N–H and O–H groups in total. The number of carboxylic acid groups (broad SMARTS) is 1. The van der Waals surface area contributed by atoms with Crippen molar-refractivity contribution in [2.75, 3.05) is 0 Å². The summed E-state index contributed by atoms with van der Waals surface area (Å²) in [4.78, 5) is 10.2. The highest BCUT2D eigenvalue weighted by Crippen LogP contribution is 2.07. The van der Waals surface area contributed by atoms with Gasteiger partial charge in [0.15, 0.2) is 0 Å². The lowest BCUT2D eigenvalue weighted by atomic mass is 10.1. The maximum Gasteiger partial charge on any atom is 0.328 e. The van der Waals surface area contributed by atoms with Crippen LogP contribution in [0.3, 0.4) is 0 Å². The van der Waals surface area contributed by atoms with Gasteiger partial charge in [0.05, 0.1) is 0 Å². The topological polar surface area (TPSA) is 37.3 Å². The van der Waals surface area contributed by atoms with E-state index >= 15 is 0 Å². The van der Waals surface area contributed by atoms with Crippen LogP contribution < -0.4 is 0 Å². The maximum atomic E-state index is 10.2. The Labute approximate surface area is 61.6 Å². The fourth-order valence-electron chi connectivity index (χ4n) is 0.847.